The van der Waals surface area contributed by atoms with Crippen molar-refractivity contribution < 1.29 is 4.79 Å². The summed E-state index contributed by atoms with van der Waals surface area (Å²) < 4.78 is 0. The first-order valence-electron chi connectivity index (χ1n) is 8.82. The number of hydrogen-bond acceptors (Lipinski definition) is 3. The number of piperidine rings is 1. The number of amides is 1. The molecule has 1 saturated heterocycles. The van der Waals surface area contributed by atoms with Gasteiger partial charge < -0.3 is 5.32 Å². The van der Waals surface area contributed by atoms with Crippen LogP contribution in [0.3, 0.4) is 0 Å². The number of fused-ring (bicyclic) bond motifs is 1. The third-order valence-electron chi connectivity index (χ3n) is 5.64. The highest BCUT2D eigenvalue weighted by Crippen LogP contribution is 2.36. The lowest BCUT2D eigenvalue weighted by atomic mass is 9.80. The molecule has 1 spiro atoms. The van der Waals surface area contributed by atoms with Crippen LogP contribution in [0.1, 0.15) is 40.8 Å². The summed E-state index contributed by atoms with van der Waals surface area (Å²) in [4.78, 5) is 17.0. The van der Waals surface area contributed by atoms with Gasteiger partial charge in [0.1, 0.15) is 5.54 Å². The third-order valence-corrected chi connectivity index (χ3v) is 6.65. The predicted molar refractivity (Wildman–Crippen MR) is 98.0 cm³/mol. The van der Waals surface area contributed by atoms with Crippen LogP contribution in [-0.4, -0.2) is 22.9 Å². The number of carbonyl (C=O) groups is 1. The van der Waals surface area contributed by atoms with Gasteiger partial charge in [-0.2, -0.15) is 0 Å². The third kappa shape index (κ3) is 2.68. The van der Waals surface area contributed by atoms with Crippen LogP contribution in [0.2, 0.25) is 0 Å². The second kappa shape index (κ2) is 6.34. The Morgan fingerprint density at radius 3 is 2.83 bits per heavy atom. The standard InChI is InChI=1S/C20H24N2OS/c1-15-8-11-24-18(15)14-22-10-5-4-9-20(22)12-16-6-2-3-7-17(16)13-21-19(20)23/h2-3,6-8,11H,4-5,9-10,12-14H2,1H3,(H,21,23). The van der Waals surface area contributed by atoms with Crippen LogP contribution in [0.25, 0.3) is 0 Å². The molecule has 126 valence electrons. The molecule has 1 amide bonds. The monoisotopic (exact) mass is 340 g/mol. The number of hydrogen-bond donors (Lipinski definition) is 1. The van der Waals surface area contributed by atoms with Crippen molar-refractivity contribution in [1.82, 2.24) is 10.2 Å². The van der Waals surface area contributed by atoms with E-state index in [1.165, 1.54) is 28.0 Å². The van der Waals surface area contributed by atoms with E-state index in [1.54, 1.807) is 0 Å². The molecule has 1 fully saturated rings. The topological polar surface area (TPSA) is 32.3 Å². The quantitative estimate of drug-likeness (QED) is 0.905. The zero-order chi connectivity index (χ0) is 16.6. The number of aryl methyl sites for hydroxylation is 1. The minimum absolute atomic E-state index is 0.215. The molecule has 2 aliphatic rings. The van der Waals surface area contributed by atoms with E-state index in [0.717, 1.165) is 32.4 Å². The highest BCUT2D eigenvalue weighted by molar-refractivity contribution is 7.10. The smallest absolute Gasteiger partial charge is 0.241 e. The maximum atomic E-state index is 13.1. The molecule has 0 aliphatic carbocycles. The molecule has 0 bridgehead atoms. The van der Waals surface area contributed by atoms with Crippen molar-refractivity contribution in [2.75, 3.05) is 6.54 Å². The fourth-order valence-electron chi connectivity index (χ4n) is 4.16. The molecule has 2 aliphatic heterocycles. The Balaban J connectivity index is 1.71. The molecule has 4 rings (SSSR count). The molecular formula is C20H24N2OS. The van der Waals surface area contributed by atoms with Crippen molar-refractivity contribution in [2.45, 2.75) is 51.2 Å². The predicted octanol–water partition coefficient (Wildman–Crippen LogP) is 3.65. The molecular weight excluding hydrogens is 316 g/mol. The van der Waals surface area contributed by atoms with E-state index < -0.39 is 0 Å². The largest absolute Gasteiger partial charge is 0.350 e. The maximum Gasteiger partial charge on any atom is 0.241 e. The highest BCUT2D eigenvalue weighted by Gasteiger charge is 2.46. The SMILES string of the molecule is Cc1ccsc1CN1CCCCC12Cc1ccccc1CNC2=O. The summed E-state index contributed by atoms with van der Waals surface area (Å²) in [7, 11) is 0. The lowest BCUT2D eigenvalue weighted by molar-refractivity contribution is -0.136. The van der Waals surface area contributed by atoms with Crippen LogP contribution in [-0.2, 0) is 24.3 Å². The number of nitrogens with zero attached hydrogens (tertiary/aromatic N) is 1. The lowest BCUT2D eigenvalue weighted by Gasteiger charge is -2.45. The molecule has 1 aromatic heterocycles. The second-order valence-corrected chi connectivity index (χ2v) is 8.07. The molecule has 0 radical (unpaired) electrons. The number of carbonyl (C=O) groups excluding carboxylic acids is 1. The first-order valence-corrected chi connectivity index (χ1v) is 9.70. The fourth-order valence-corrected chi connectivity index (χ4v) is 5.08. The van der Waals surface area contributed by atoms with Gasteiger partial charge >= 0.3 is 0 Å². The average Bonchev–Trinajstić information content (AvgIpc) is 2.94. The van der Waals surface area contributed by atoms with Crippen molar-refractivity contribution in [1.29, 1.82) is 0 Å². The van der Waals surface area contributed by atoms with Crippen LogP contribution < -0.4 is 5.32 Å². The van der Waals surface area contributed by atoms with Crippen LogP contribution in [0.4, 0.5) is 0 Å². The van der Waals surface area contributed by atoms with Gasteiger partial charge in [-0.25, -0.2) is 0 Å². The zero-order valence-electron chi connectivity index (χ0n) is 14.2. The summed E-state index contributed by atoms with van der Waals surface area (Å²) in [5, 5.41) is 5.36. The number of rotatable bonds is 2. The number of likely N-dealkylation sites (tertiary alicyclic amines) is 1. The van der Waals surface area contributed by atoms with Gasteiger partial charge in [0.25, 0.3) is 0 Å². The molecule has 2 aromatic rings. The van der Waals surface area contributed by atoms with Crippen molar-refractivity contribution in [3.63, 3.8) is 0 Å². The summed E-state index contributed by atoms with van der Waals surface area (Å²) in [6.45, 7) is 4.72. The van der Waals surface area contributed by atoms with Gasteiger partial charge in [-0.3, -0.25) is 9.69 Å². The molecule has 1 N–H and O–H groups in total. The van der Waals surface area contributed by atoms with Crippen LogP contribution in [0.15, 0.2) is 35.7 Å². The van der Waals surface area contributed by atoms with Gasteiger partial charge in [0, 0.05) is 24.4 Å². The first kappa shape index (κ1) is 15.9. The Morgan fingerprint density at radius 1 is 1.21 bits per heavy atom. The molecule has 0 saturated carbocycles. The van der Waals surface area contributed by atoms with Crippen LogP contribution in [0, 0.1) is 6.92 Å². The van der Waals surface area contributed by atoms with Crippen molar-refractivity contribution in [2.24, 2.45) is 0 Å². The normalized spacial score (nSPS) is 24.5. The Labute approximate surface area is 147 Å². The van der Waals surface area contributed by atoms with Crippen molar-refractivity contribution in [3.8, 4) is 0 Å². The fraction of sp³-hybridized carbons (Fsp3) is 0.450. The van der Waals surface area contributed by atoms with E-state index in [2.05, 4.69) is 52.9 Å². The summed E-state index contributed by atoms with van der Waals surface area (Å²) >= 11 is 1.81. The summed E-state index contributed by atoms with van der Waals surface area (Å²) in [6.07, 6.45) is 4.10. The van der Waals surface area contributed by atoms with Crippen molar-refractivity contribution >= 4 is 17.2 Å². The highest BCUT2D eigenvalue weighted by atomic mass is 32.1. The second-order valence-electron chi connectivity index (χ2n) is 7.07. The lowest BCUT2D eigenvalue weighted by Crippen LogP contribution is -2.60. The Hall–Kier alpha value is -1.65. The first-order chi connectivity index (χ1) is 11.7. The van der Waals surface area contributed by atoms with Gasteiger partial charge in [-0.05, 0) is 60.9 Å². The summed E-state index contributed by atoms with van der Waals surface area (Å²) in [5.74, 6) is 0.215. The van der Waals surface area contributed by atoms with E-state index in [0.29, 0.717) is 6.54 Å². The van der Waals surface area contributed by atoms with Gasteiger partial charge in [0.15, 0.2) is 0 Å². The molecule has 1 atom stereocenters. The van der Waals surface area contributed by atoms with E-state index >= 15 is 0 Å². The summed E-state index contributed by atoms with van der Waals surface area (Å²) in [6, 6.07) is 10.7. The van der Waals surface area contributed by atoms with E-state index in [1.807, 2.05) is 11.3 Å². The minimum atomic E-state index is -0.388. The average molecular weight is 340 g/mol. The molecule has 1 aromatic carbocycles. The van der Waals surface area contributed by atoms with Gasteiger partial charge in [-0.15, -0.1) is 11.3 Å². The zero-order valence-corrected chi connectivity index (χ0v) is 15.0. The number of nitrogens with one attached hydrogen (secondary N) is 1. The van der Waals surface area contributed by atoms with Crippen LogP contribution in [0.5, 0.6) is 0 Å². The summed E-state index contributed by atoms with van der Waals surface area (Å²) in [5.41, 5.74) is 3.54. The van der Waals surface area contributed by atoms with Gasteiger partial charge in [-0.1, -0.05) is 24.3 Å². The van der Waals surface area contributed by atoms with Gasteiger partial charge in [0.2, 0.25) is 5.91 Å². The Morgan fingerprint density at radius 2 is 2.04 bits per heavy atom. The molecule has 4 heteroatoms. The number of benzene rings is 1. The Bertz CT molecular complexity index is 754. The minimum Gasteiger partial charge on any atom is -0.350 e. The molecule has 1 unspecified atom stereocenters. The van der Waals surface area contributed by atoms with E-state index in [4.69, 9.17) is 0 Å². The van der Waals surface area contributed by atoms with Gasteiger partial charge in [0.05, 0.1) is 0 Å². The maximum absolute atomic E-state index is 13.1. The molecule has 24 heavy (non-hydrogen) atoms. The van der Waals surface area contributed by atoms with Crippen molar-refractivity contribution in [3.05, 3.63) is 57.3 Å². The number of thiophene rings is 1. The molecule has 3 nitrogen and oxygen atoms in total. The van der Waals surface area contributed by atoms with E-state index in [9.17, 15) is 4.79 Å². The van der Waals surface area contributed by atoms with E-state index in [-0.39, 0.29) is 11.4 Å². The van der Waals surface area contributed by atoms with Crippen LogP contribution >= 0.6 is 11.3 Å². The molecule has 3 heterocycles. The Kier molecular flexibility index (Phi) is 4.19.